The van der Waals surface area contributed by atoms with E-state index in [9.17, 15) is 4.79 Å². The Morgan fingerprint density at radius 1 is 1.23 bits per heavy atom. The summed E-state index contributed by atoms with van der Waals surface area (Å²) in [5.41, 5.74) is 11.1. The number of hydrogen-bond donors (Lipinski definition) is 2. The molecule has 1 aromatic rings. The lowest BCUT2D eigenvalue weighted by molar-refractivity contribution is -0.142. The number of benzene rings is 1. The highest BCUT2D eigenvalue weighted by molar-refractivity contribution is 5.70. The Morgan fingerprint density at radius 2 is 1.82 bits per heavy atom. The van der Waals surface area contributed by atoms with Gasteiger partial charge in [-0.1, -0.05) is 37.5 Å². The average molecular weight is 305 g/mol. The van der Waals surface area contributed by atoms with Gasteiger partial charge in [0.15, 0.2) is 0 Å². The number of carboxylic acid groups (broad SMARTS) is 1. The molecule has 0 spiro atoms. The molecular weight excluding hydrogens is 274 g/mol. The first kappa shape index (κ1) is 18.7. The lowest BCUT2D eigenvalue weighted by atomic mass is 9.87. The van der Waals surface area contributed by atoms with Crippen molar-refractivity contribution in [2.24, 2.45) is 17.6 Å². The van der Waals surface area contributed by atoms with Crippen LogP contribution in [0.5, 0.6) is 0 Å². The SMILES string of the molecule is CCC(CCCc1c(C)cc(C)cc1C)CC(CN)C(=O)O. The maximum atomic E-state index is 11.1. The maximum absolute atomic E-state index is 11.1. The molecule has 0 radical (unpaired) electrons. The van der Waals surface area contributed by atoms with Crippen LogP contribution in [-0.4, -0.2) is 17.6 Å². The first-order valence-electron chi connectivity index (χ1n) is 8.38. The predicted octanol–water partition coefficient (Wildman–Crippen LogP) is 4.01. The zero-order chi connectivity index (χ0) is 16.7. The second-order valence-electron chi connectivity index (χ2n) is 6.55. The van der Waals surface area contributed by atoms with Gasteiger partial charge in [-0.2, -0.15) is 0 Å². The van der Waals surface area contributed by atoms with Crippen LogP contribution in [0.3, 0.4) is 0 Å². The summed E-state index contributed by atoms with van der Waals surface area (Å²) in [5.74, 6) is -0.699. The van der Waals surface area contributed by atoms with Gasteiger partial charge in [0.25, 0.3) is 0 Å². The average Bonchev–Trinajstić information content (AvgIpc) is 2.44. The van der Waals surface area contributed by atoms with Crippen molar-refractivity contribution in [2.75, 3.05) is 6.54 Å². The molecule has 0 aliphatic heterocycles. The molecule has 0 heterocycles. The van der Waals surface area contributed by atoms with Gasteiger partial charge in [-0.25, -0.2) is 0 Å². The van der Waals surface area contributed by atoms with E-state index in [-0.39, 0.29) is 6.54 Å². The van der Waals surface area contributed by atoms with Crippen molar-refractivity contribution in [3.05, 3.63) is 34.4 Å². The summed E-state index contributed by atoms with van der Waals surface area (Å²) in [5, 5.41) is 9.14. The van der Waals surface area contributed by atoms with Gasteiger partial charge in [0.2, 0.25) is 0 Å². The van der Waals surface area contributed by atoms with Crippen LogP contribution in [0.4, 0.5) is 0 Å². The summed E-state index contributed by atoms with van der Waals surface area (Å²) in [6, 6.07) is 4.49. The zero-order valence-corrected chi connectivity index (χ0v) is 14.5. The first-order chi connectivity index (χ1) is 10.4. The van der Waals surface area contributed by atoms with Crippen molar-refractivity contribution in [3.8, 4) is 0 Å². The van der Waals surface area contributed by atoms with Gasteiger partial charge in [-0.05, 0) is 62.6 Å². The van der Waals surface area contributed by atoms with Crippen LogP contribution in [-0.2, 0) is 11.2 Å². The summed E-state index contributed by atoms with van der Waals surface area (Å²) < 4.78 is 0. The van der Waals surface area contributed by atoms with E-state index < -0.39 is 11.9 Å². The normalized spacial score (nSPS) is 13.9. The minimum absolute atomic E-state index is 0.238. The van der Waals surface area contributed by atoms with Crippen molar-refractivity contribution < 1.29 is 9.90 Å². The third-order valence-corrected chi connectivity index (χ3v) is 4.71. The maximum Gasteiger partial charge on any atom is 0.307 e. The number of aryl methyl sites for hydroxylation is 3. The second-order valence-corrected chi connectivity index (χ2v) is 6.55. The largest absolute Gasteiger partial charge is 0.481 e. The van der Waals surface area contributed by atoms with Crippen molar-refractivity contribution >= 4 is 5.97 Å². The molecule has 0 bridgehead atoms. The van der Waals surface area contributed by atoms with Gasteiger partial charge in [-0.3, -0.25) is 4.79 Å². The minimum Gasteiger partial charge on any atom is -0.481 e. The molecule has 0 aromatic heterocycles. The smallest absolute Gasteiger partial charge is 0.307 e. The van der Waals surface area contributed by atoms with Crippen LogP contribution >= 0.6 is 0 Å². The Morgan fingerprint density at radius 3 is 2.27 bits per heavy atom. The van der Waals surface area contributed by atoms with E-state index in [1.807, 2.05) is 0 Å². The van der Waals surface area contributed by atoms with Crippen LogP contribution in [0.2, 0.25) is 0 Å². The van der Waals surface area contributed by atoms with Crippen LogP contribution in [0, 0.1) is 32.6 Å². The summed E-state index contributed by atoms with van der Waals surface area (Å²) in [4.78, 5) is 11.1. The van der Waals surface area contributed by atoms with Gasteiger partial charge in [0.1, 0.15) is 0 Å². The molecule has 0 saturated heterocycles. The van der Waals surface area contributed by atoms with Gasteiger partial charge in [0.05, 0.1) is 5.92 Å². The zero-order valence-electron chi connectivity index (χ0n) is 14.5. The lowest BCUT2D eigenvalue weighted by Crippen LogP contribution is -2.25. The van der Waals surface area contributed by atoms with Crippen LogP contribution in [0.1, 0.15) is 54.9 Å². The second kappa shape index (κ2) is 8.94. The number of aliphatic carboxylic acids is 1. The Balaban J connectivity index is 2.56. The molecule has 3 heteroatoms. The van der Waals surface area contributed by atoms with Crippen molar-refractivity contribution in [1.82, 2.24) is 0 Å². The molecule has 0 aliphatic carbocycles. The molecule has 0 fully saturated rings. The summed E-state index contributed by atoms with van der Waals surface area (Å²) >= 11 is 0. The first-order valence-corrected chi connectivity index (χ1v) is 8.38. The van der Waals surface area contributed by atoms with E-state index in [4.69, 9.17) is 10.8 Å². The summed E-state index contributed by atoms with van der Waals surface area (Å²) in [7, 11) is 0. The van der Waals surface area contributed by atoms with E-state index >= 15 is 0 Å². The molecule has 0 amide bonds. The fraction of sp³-hybridized carbons (Fsp3) is 0.632. The summed E-state index contributed by atoms with van der Waals surface area (Å²) in [6.07, 6.45) is 4.99. The van der Waals surface area contributed by atoms with Crippen molar-refractivity contribution in [1.29, 1.82) is 0 Å². The van der Waals surface area contributed by atoms with Gasteiger partial charge in [0, 0.05) is 6.54 Å². The molecule has 0 aliphatic rings. The highest BCUT2D eigenvalue weighted by Crippen LogP contribution is 2.24. The number of nitrogens with two attached hydrogens (primary N) is 1. The summed E-state index contributed by atoms with van der Waals surface area (Å²) in [6.45, 7) is 8.88. The highest BCUT2D eigenvalue weighted by Gasteiger charge is 2.20. The topological polar surface area (TPSA) is 63.3 Å². The number of rotatable bonds is 9. The molecule has 22 heavy (non-hydrogen) atoms. The van der Waals surface area contributed by atoms with E-state index in [0.29, 0.717) is 12.3 Å². The van der Waals surface area contributed by atoms with E-state index in [2.05, 4.69) is 39.8 Å². The quantitative estimate of drug-likeness (QED) is 0.724. The number of carbonyl (C=O) groups is 1. The van der Waals surface area contributed by atoms with Crippen LogP contribution in [0.15, 0.2) is 12.1 Å². The fourth-order valence-electron chi connectivity index (χ4n) is 3.36. The monoisotopic (exact) mass is 305 g/mol. The molecule has 0 saturated carbocycles. The lowest BCUT2D eigenvalue weighted by Gasteiger charge is -2.19. The van der Waals surface area contributed by atoms with E-state index in [0.717, 1.165) is 25.7 Å². The molecule has 1 rings (SSSR count). The molecule has 1 aromatic carbocycles. The third kappa shape index (κ3) is 5.45. The highest BCUT2D eigenvalue weighted by atomic mass is 16.4. The molecule has 124 valence electrons. The number of hydrogen-bond acceptors (Lipinski definition) is 2. The van der Waals surface area contributed by atoms with Gasteiger partial charge >= 0.3 is 5.97 Å². The van der Waals surface area contributed by atoms with E-state index in [1.165, 1.54) is 22.3 Å². The molecule has 2 unspecified atom stereocenters. The van der Waals surface area contributed by atoms with Crippen molar-refractivity contribution in [2.45, 2.75) is 59.8 Å². The fourth-order valence-corrected chi connectivity index (χ4v) is 3.36. The Kier molecular flexibility index (Phi) is 7.60. The van der Waals surface area contributed by atoms with Gasteiger partial charge in [-0.15, -0.1) is 0 Å². The van der Waals surface area contributed by atoms with E-state index in [1.54, 1.807) is 0 Å². The molecule has 3 N–H and O–H groups in total. The Bertz CT molecular complexity index is 473. The Labute approximate surface area is 134 Å². The van der Waals surface area contributed by atoms with Gasteiger partial charge < -0.3 is 10.8 Å². The third-order valence-electron chi connectivity index (χ3n) is 4.71. The standard InChI is InChI=1S/C19H31NO2/c1-5-16(11-17(12-20)19(21)22)7-6-8-18-14(3)9-13(2)10-15(18)4/h9-10,16-17H,5-8,11-12,20H2,1-4H3,(H,21,22). The van der Waals surface area contributed by atoms with Crippen LogP contribution < -0.4 is 5.73 Å². The molecule has 3 nitrogen and oxygen atoms in total. The van der Waals surface area contributed by atoms with Crippen molar-refractivity contribution in [3.63, 3.8) is 0 Å². The minimum atomic E-state index is -0.758. The molecular formula is C19H31NO2. The predicted molar refractivity (Wildman–Crippen MR) is 92.2 cm³/mol. The Hall–Kier alpha value is -1.35. The number of carboxylic acids is 1. The van der Waals surface area contributed by atoms with Crippen LogP contribution in [0.25, 0.3) is 0 Å². The molecule has 2 atom stereocenters.